The maximum Gasteiger partial charge on any atom is 0.373 e. The van der Waals surface area contributed by atoms with E-state index in [-0.39, 0.29) is 17.8 Å². The molecule has 0 saturated heterocycles. The third-order valence-corrected chi connectivity index (χ3v) is 3.02. The van der Waals surface area contributed by atoms with Gasteiger partial charge in [-0.25, -0.2) is 9.78 Å². The smallest absolute Gasteiger partial charge is 0.373 e. The summed E-state index contributed by atoms with van der Waals surface area (Å²) in [5, 5.41) is 3.41. The van der Waals surface area contributed by atoms with Crippen molar-refractivity contribution in [2.45, 2.75) is 32.5 Å². The first-order valence-corrected chi connectivity index (χ1v) is 6.50. The van der Waals surface area contributed by atoms with Crippen molar-refractivity contribution in [2.75, 3.05) is 7.11 Å². The van der Waals surface area contributed by atoms with Crippen molar-refractivity contribution in [2.24, 2.45) is 0 Å². The lowest BCUT2D eigenvalue weighted by Crippen LogP contribution is -2.32. The first-order valence-electron chi connectivity index (χ1n) is 6.50. The quantitative estimate of drug-likeness (QED) is 0.818. The number of aromatic nitrogens is 2. The van der Waals surface area contributed by atoms with Gasteiger partial charge in [-0.1, -0.05) is 0 Å². The molecule has 0 aliphatic carbocycles. The highest BCUT2D eigenvalue weighted by molar-refractivity contribution is 5.86. The van der Waals surface area contributed by atoms with E-state index in [0.29, 0.717) is 5.76 Å². The van der Waals surface area contributed by atoms with Crippen LogP contribution in [0.4, 0.5) is 0 Å². The highest BCUT2D eigenvalue weighted by atomic mass is 16.5. The van der Waals surface area contributed by atoms with Gasteiger partial charge in [0.1, 0.15) is 5.76 Å². The fraction of sp³-hybridized carbons (Fsp3) is 0.429. The van der Waals surface area contributed by atoms with Gasteiger partial charge in [-0.15, -0.1) is 0 Å². The highest BCUT2D eigenvalue weighted by Crippen LogP contribution is 2.17. The van der Waals surface area contributed by atoms with E-state index in [9.17, 15) is 4.79 Å². The van der Waals surface area contributed by atoms with Gasteiger partial charge in [-0.2, -0.15) is 0 Å². The molecule has 0 spiro atoms. The van der Waals surface area contributed by atoms with Crippen LogP contribution in [0.3, 0.4) is 0 Å². The second kappa shape index (κ2) is 6.38. The summed E-state index contributed by atoms with van der Waals surface area (Å²) >= 11 is 0. The predicted molar refractivity (Wildman–Crippen MR) is 73.3 cm³/mol. The number of imidazole rings is 1. The third kappa shape index (κ3) is 3.48. The molecule has 2 rings (SSSR count). The monoisotopic (exact) mass is 277 g/mol. The molecule has 6 nitrogen and oxygen atoms in total. The van der Waals surface area contributed by atoms with Crippen LogP contribution in [0.15, 0.2) is 35.3 Å². The number of carbonyl (C=O) groups excluding carboxylic acids is 1. The van der Waals surface area contributed by atoms with Gasteiger partial charge in [-0.05, 0) is 26.0 Å². The second-order valence-electron chi connectivity index (χ2n) is 4.74. The van der Waals surface area contributed by atoms with Crippen LogP contribution in [0, 0.1) is 0 Å². The van der Waals surface area contributed by atoms with Crippen LogP contribution >= 0.6 is 0 Å². The molecule has 2 atom stereocenters. The molecule has 108 valence electrons. The molecule has 0 amide bonds. The van der Waals surface area contributed by atoms with Crippen molar-refractivity contribution in [1.29, 1.82) is 0 Å². The van der Waals surface area contributed by atoms with Gasteiger partial charge in [0.05, 0.1) is 19.5 Å². The number of nitrogens with zero attached hydrogens (tertiary/aromatic N) is 2. The van der Waals surface area contributed by atoms with Crippen molar-refractivity contribution in [3.8, 4) is 0 Å². The maximum absolute atomic E-state index is 11.3. The van der Waals surface area contributed by atoms with E-state index in [4.69, 9.17) is 4.42 Å². The van der Waals surface area contributed by atoms with E-state index < -0.39 is 5.97 Å². The number of hydrogen-bond acceptors (Lipinski definition) is 5. The van der Waals surface area contributed by atoms with E-state index in [1.165, 1.54) is 7.11 Å². The summed E-state index contributed by atoms with van der Waals surface area (Å²) < 4.78 is 12.1. The van der Waals surface area contributed by atoms with Crippen LogP contribution in [0.5, 0.6) is 0 Å². The molecule has 1 N–H and O–H groups in total. The Hall–Kier alpha value is -2.08. The average Bonchev–Trinajstić information content (AvgIpc) is 3.08. The molecule has 2 heterocycles. The summed E-state index contributed by atoms with van der Waals surface area (Å²) in [5.41, 5.74) is 0. The second-order valence-corrected chi connectivity index (χ2v) is 4.74. The van der Waals surface area contributed by atoms with E-state index in [1.807, 2.05) is 17.7 Å². The summed E-state index contributed by atoms with van der Waals surface area (Å²) in [5.74, 6) is 0.469. The molecule has 2 aromatic rings. The van der Waals surface area contributed by atoms with E-state index >= 15 is 0 Å². The molecule has 0 fully saturated rings. The largest absolute Gasteiger partial charge is 0.463 e. The third-order valence-electron chi connectivity index (χ3n) is 3.02. The molecule has 0 aliphatic rings. The van der Waals surface area contributed by atoms with E-state index in [2.05, 4.69) is 22.0 Å². The zero-order valence-corrected chi connectivity index (χ0v) is 11.9. The van der Waals surface area contributed by atoms with Crippen LogP contribution in [0.25, 0.3) is 0 Å². The maximum atomic E-state index is 11.3. The summed E-state index contributed by atoms with van der Waals surface area (Å²) in [7, 11) is 1.33. The van der Waals surface area contributed by atoms with Gasteiger partial charge < -0.3 is 19.0 Å². The van der Waals surface area contributed by atoms with E-state index in [0.717, 1.165) is 6.54 Å². The van der Waals surface area contributed by atoms with Crippen molar-refractivity contribution >= 4 is 5.97 Å². The first kappa shape index (κ1) is 14.3. The normalized spacial score (nSPS) is 13.9. The molecule has 2 unspecified atom stereocenters. The minimum absolute atomic E-state index is 0.00641. The Labute approximate surface area is 117 Å². The lowest BCUT2D eigenvalue weighted by atomic mass is 10.2. The fourth-order valence-corrected chi connectivity index (χ4v) is 2.07. The zero-order valence-electron chi connectivity index (χ0n) is 11.9. The van der Waals surface area contributed by atoms with Crippen LogP contribution in [-0.2, 0) is 11.3 Å². The Kier molecular flexibility index (Phi) is 4.57. The standard InChI is InChI=1S/C14H19N3O3/c1-10(8-17-7-6-15-9-17)16-11(2)12-4-5-13(20-12)14(18)19-3/h4-7,9-11,16H,8H2,1-3H3. The van der Waals surface area contributed by atoms with Crippen LogP contribution in [-0.4, -0.2) is 28.7 Å². The summed E-state index contributed by atoms with van der Waals surface area (Å²) in [6.45, 7) is 4.89. The number of carbonyl (C=O) groups is 1. The SMILES string of the molecule is COC(=O)c1ccc(C(C)NC(C)Cn2ccnc2)o1. The molecule has 0 saturated carbocycles. The van der Waals surface area contributed by atoms with Crippen molar-refractivity contribution in [1.82, 2.24) is 14.9 Å². The molecule has 6 heteroatoms. The van der Waals surface area contributed by atoms with Crippen LogP contribution in [0.1, 0.15) is 36.2 Å². The number of hydrogen-bond donors (Lipinski definition) is 1. The zero-order chi connectivity index (χ0) is 14.5. The van der Waals surface area contributed by atoms with Crippen molar-refractivity contribution < 1.29 is 13.9 Å². The van der Waals surface area contributed by atoms with Gasteiger partial charge >= 0.3 is 5.97 Å². The van der Waals surface area contributed by atoms with Gasteiger partial charge in [0.25, 0.3) is 0 Å². The van der Waals surface area contributed by atoms with Crippen LogP contribution < -0.4 is 5.32 Å². The molecular formula is C14H19N3O3. The Balaban J connectivity index is 1.92. The summed E-state index contributed by atoms with van der Waals surface area (Å²) in [4.78, 5) is 15.3. The van der Waals surface area contributed by atoms with Gasteiger partial charge in [-0.3, -0.25) is 0 Å². The number of nitrogens with one attached hydrogen (secondary N) is 1. The van der Waals surface area contributed by atoms with Gasteiger partial charge in [0.2, 0.25) is 5.76 Å². The summed E-state index contributed by atoms with van der Waals surface area (Å²) in [6.07, 6.45) is 5.46. The molecule has 0 aromatic carbocycles. The number of rotatable bonds is 6. The van der Waals surface area contributed by atoms with Crippen molar-refractivity contribution in [3.05, 3.63) is 42.4 Å². The molecule has 0 radical (unpaired) electrons. The Bertz CT molecular complexity index is 548. The number of ether oxygens (including phenoxy) is 1. The van der Waals surface area contributed by atoms with Crippen LogP contribution in [0.2, 0.25) is 0 Å². The lowest BCUT2D eigenvalue weighted by Gasteiger charge is -2.18. The number of esters is 1. The number of methoxy groups -OCH3 is 1. The van der Waals surface area contributed by atoms with Gasteiger partial charge in [0, 0.05) is 25.0 Å². The Morgan fingerprint density at radius 1 is 1.50 bits per heavy atom. The molecule has 0 aliphatic heterocycles. The first-order chi connectivity index (χ1) is 9.60. The van der Waals surface area contributed by atoms with E-state index in [1.54, 1.807) is 24.7 Å². The highest BCUT2D eigenvalue weighted by Gasteiger charge is 2.16. The van der Waals surface area contributed by atoms with Gasteiger partial charge in [0.15, 0.2) is 0 Å². The Morgan fingerprint density at radius 2 is 2.30 bits per heavy atom. The average molecular weight is 277 g/mol. The minimum atomic E-state index is -0.463. The molecular weight excluding hydrogens is 258 g/mol. The molecule has 20 heavy (non-hydrogen) atoms. The fourth-order valence-electron chi connectivity index (χ4n) is 2.07. The minimum Gasteiger partial charge on any atom is -0.463 e. The summed E-state index contributed by atoms with van der Waals surface area (Å²) in [6, 6.07) is 3.66. The van der Waals surface area contributed by atoms with Crippen molar-refractivity contribution in [3.63, 3.8) is 0 Å². The molecule has 0 bridgehead atoms. The lowest BCUT2D eigenvalue weighted by molar-refractivity contribution is 0.0562. The predicted octanol–water partition coefficient (Wildman–Crippen LogP) is 2.00. The number of furan rings is 1. The topological polar surface area (TPSA) is 69.3 Å². The Morgan fingerprint density at radius 3 is 2.95 bits per heavy atom. The molecule has 2 aromatic heterocycles.